The third kappa shape index (κ3) is 3.83. The Bertz CT molecular complexity index is 909. The lowest BCUT2D eigenvalue weighted by molar-refractivity contribution is -0.317. The number of benzene rings is 2. The van der Waals surface area contributed by atoms with Gasteiger partial charge < -0.3 is 14.8 Å². The fourth-order valence-electron chi connectivity index (χ4n) is 2.58. The minimum atomic E-state index is -5.09. The molecule has 0 spiro atoms. The van der Waals surface area contributed by atoms with Crippen molar-refractivity contribution in [2.45, 2.75) is 38.3 Å². The first-order valence-corrected chi connectivity index (χ1v) is 8.34. The van der Waals surface area contributed by atoms with Crippen LogP contribution in [0.4, 0.5) is 28.0 Å². The Labute approximate surface area is 158 Å². The highest BCUT2D eigenvalue weighted by molar-refractivity contribution is 5.89. The molecular weight excluding hydrogens is 380 g/mol. The van der Waals surface area contributed by atoms with Crippen LogP contribution >= 0.6 is 0 Å². The van der Waals surface area contributed by atoms with E-state index in [1.54, 1.807) is 11.4 Å². The van der Waals surface area contributed by atoms with Crippen LogP contribution in [0.1, 0.15) is 26.3 Å². The molecule has 1 aliphatic heterocycles. The van der Waals surface area contributed by atoms with Gasteiger partial charge in [0, 0.05) is 5.69 Å². The lowest BCUT2D eigenvalue weighted by atomic mass is 9.87. The maximum Gasteiger partial charge on any atom is 0.492 e. The lowest BCUT2D eigenvalue weighted by Gasteiger charge is -2.29. The van der Waals surface area contributed by atoms with Crippen molar-refractivity contribution in [2.24, 2.45) is 0 Å². The number of hydrogen-bond acceptors (Lipinski definition) is 3. The molecule has 9 heteroatoms. The zero-order valence-corrected chi connectivity index (χ0v) is 15.3. The van der Waals surface area contributed by atoms with Crippen LogP contribution in [-0.2, 0) is 5.41 Å². The van der Waals surface area contributed by atoms with Crippen molar-refractivity contribution >= 4 is 11.7 Å². The van der Waals surface area contributed by atoms with Gasteiger partial charge >= 0.3 is 18.1 Å². The number of urea groups is 1. The lowest BCUT2D eigenvalue weighted by Crippen LogP contribution is -2.65. The number of anilines is 1. The number of hydrogen-bond donors (Lipinski definition) is 2. The van der Waals surface area contributed by atoms with Gasteiger partial charge in [-0.15, -0.1) is 0 Å². The molecule has 0 aliphatic carbocycles. The van der Waals surface area contributed by atoms with Crippen LogP contribution in [0.2, 0.25) is 0 Å². The largest absolute Gasteiger partial charge is 0.492 e. The SMILES string of the molecule is CC(C)(C)c1ccc2c(c1)O[C@](NC(=O)Nc1cccc(F)c1)(C(F)(F)F)O2. The predicted molar refractivity (Wildman–Crippen MR) is 93.7 cm³/mol. The molecule has 0 radical (unpaired) electrons. The Morgan fingerprint density at radius 3 is 2.29 bits per heavy atom. The summed E-state index contributed by atoms with van der Waals surface area (Å²) < 4.78 is 64.4. The fourth-order valence-corrected chi connectivity index (χ4v) is 2.58. The molecule has 2 aromatic carbocycles. The van der Waals surface area contributed by atoms with Crippen LogP contribution in [-0.4, -0.2) is 18.1 Å². The molecule has 0 aromatic heterocycles. The molecule has 2 amide bonds. The summed E-state index contributed by atoms with van der Waals surface area (Å²) in [4.78, 5) is 12.1. The van der Waals surface area contributed by atoms with Crippen LogP contribution in [0, 0.1) is 5.82 Å². The Balaban J connectivity index is 1.85. The van der Waals surface area contributed by atoms with E-state index >= 15 is 0 Å². The fraction of sp³-hybridized carbons (Fsp3) is 0.316. The zero-order valence-electron chi connectivity index (χ0n) is 15.3. The van der Waals surface area contributed by atoms with Crippen LogP contribution in [0.25, 0.3) is 0 Å². The zero-order chi connectivity index (χ0) is 20.7. The normalized spacial score (nSPS) is 18.7. The molecular formula is C19H18F4N2O3. The summed E-state index contributed by atoms with van der Waals surface area (Å²) in [5, 5.41) is 3.78. The van der Waals surface area contributed by atoms with Crippen LogP contribution in [0.15, 0.2) is 42.5 Å². The summed E-state index contributed by atoms with van der Waals surface area (Å²) in [6.45, 7) is 5.69. The maximum absolute atomic E-state index is 13.7. The first-order valence-electron chi connectivity index (χ1n) is 8.34. The summed E-state index contributed by atoms with van der Waals surface area (Å²) in [6.07, 6.45) is -5.09. The first kappa shape index (κ1) is 19.8. The molecule has 150 valence electrons. The quantitative estimate of drug-likeness (QED) is 0.705. The maximum atomic E-state index is 13.7. The number of carbonyl (C=O) groups is 1. The topological polar surface area (TPSA) is 59.6 Å². The van der Waals surface area contributed by atoms with Gasteiger partial charge in [0.1, 0.15) is 5.82 Å². The monoisotopic (exact) mass is 398 g/mol. The molecule has 5 nitrogen and oxygen atoms in total. The van der Waals surface area contributed by atoms with E-state index in [1.807, 2.05) is 20.8 Å². The van der Waals surface area contributed by atoms with Crippen molar-refractivity contribution in [2.75, 3.05) is 5.32 Å². The highest BCUT2D eigenvalue weighted by Crippen LogP contribution is 2.46. The van der Waals surface area contributed by atoms with Gasteiger partial charge in [-0.05, 0) is 41.3 Å². The standard InChI is InChI=1S/C19H18F4N2O3/c1-17(2,3)11-7-8-14-15(9-11)28-19(27-14,18(21,22)23)25-16(26)24-13-6-4-5-12(20)10-13/h4-10H,1-3H3,(H2,24,25,26)/t19-/m0/s1. The molecule has 3 rings (SSSR count). The predicted octanol–water partition coefficient (Wildman–Crippen LogP) is 4.93. The van der Waals surface area contributed by atoms with Crippen molar-refractivity contribution < 1.29 is 31.8 Å². The Morgan fingerprint density at radius 1 is 1.00 bits per heavy atom. The molecule has 0 saturated heterocycles. The summed E-state index contributed by atoms with van der Waals surface area (Å²) in [7, 11) is 0. The average Bonchev–Trinajstić information content (AvgIpc) is 2.91. The molecule has 0 saturated carbocycles. The van der Waals surface area contributed by atoms with Gasteiger partial charge in [0.05, 0.1) is 0 Å². The number of alkyl halides is 3. The van der Waals surface area contributed by atoms with Crippen molar-refractivity contribution in [3.63, 3.8) is 0 Å². The Kier molecular flexibility index (Phi) is 4.64. The molecule has 28 heavy (non-hydrogen) atoms. The molecule has 0 fully saturated rings. The first-order chi connectivity index (χ1) is 12.9. The van der Waals surface area contributed by atoms with Gasteiger partial charge in [0.15, 0.2) is 11.5 Å². The third-order valence-corrected chi connectivity index (χ3v) is 4.05. The molecule has 1 aliphatic rings. The smallest absolute Gasteiger partial charge is 0.424 e. The molecule has 2 aromatic rings. The number of halogens is 4. The van der Waals surface area contributed by atoms with Gasteiger partial charge in [-0.3, -0.25) is 5.32 Å². The Morgan fingerprint density at radius 2 is 1.68 bits per heavy atom. The van der Waals surface area contributed by atoms with Gasteiger partial charge in [-0.1, -0.05) is 32.9 Å². The van der Waals surface area contributed by atoms with E-state index in [9.17, 15) is 22.4 Å². The number of ether oxygens (including phenoxy) is 2. The number of amides is 2. The van der Waals surface area contributed by atoms with E-state index in [2.05, 4.69) is 5.32 Å². The number of carbonyl (C=O) groups excluding carboxylic acids is 1. The Hall–Kier alpha value is -2.97. The molecule has 0 bridgehead atoms. The summed E-state index contributed by atoms with van der Waals surface area (Å²) in [6, 6.07) is 7.87. The number of nitrogens with one attached hydrogen (secondary N) is 2. The minimum Gasteiger partial charge on any atom is -0.424 e. The van der Waals surface area contributed by atoms with E-state index in [4.69, 9.17) is 9.47 Å². The molecule has 1 heterocycles. The van der Waals surface area contributed by atoms with E-state index in [0.29, 0.717) is 0 Å². The third-order valence-electron chi connectivity index (χ3n) is 4.05. The molecule has 1 atom stereocenters. The highest BCUT2D eigenvalue weighted by Gasteiger charge is 2.65. The average molecular weight is 398 g/mol. The van der Waals surface area contributed by atoms with Crippen LogP contribution in [0.3, 0.4) is 0 Å². The second-order valence-electron chi connectivity index (χ2n) is 7.32. The van der Waals surface area contributed by atoms with E-state index in [1.165, 1.54) is 24.3 Å². The summed E-state index contributed by atoms with van der Waals surface area (Å²) >= 11 is 0. The van der Waals surface area contributed by atoms with Crippen molar-refractivity contribution in [3.05, 3.63) is 53.8 Å². The van der Waals surface area contributed by atoms with Crippen molar-refractivity contribution in [1.29, 1.82) is 0 Å². The van der Waals surface area contributed by atoms with E-state index < -0.39 is 23.9 Å². The van der Waals surface area contributed by atoms with Crippen molar-refractivity contribution in [1.82, 2.24) is 5.32 Å². The second-order valence-corrected chi connectivity index (χ2v) is 7.32. The number of rotatable bonds is 2. The van der Waals surface area contributed by atoms with E-state index in [0.717, 1.165) is 17.7 Å². The second kappa shape index (κ2) is 6.57. The highest BCUT2D eigenvalue weighted by atomic mass is 19.4. The summed E-state index contributed by atoms with van der Waals surface area (Å²) in [5.74, 6) is -4.35. The minimum absolute atomic E-state index is 0.0274. The van der Waals surface area contributed by atoms with Crippen LogP contribution < -0.4 is 20.1 Å². The van der Waals surface area contributed by atoms with Gasteiger partial charge in [0.2, 0.25) is 0 Å². The molecule has 0 unspecified atom stereocenters. The van der Waals surface area contributed by atoms with Crippen molar-refractivity contribution in [3.8, 4) is 11.5 Å². The summed E-state index contributed by atoms with van der Waals surface area (Å²) in [5.41, 5.74) is 0.377. The van der Waals surface area contributed by atoms with E-state index in [-0.39, 0.29) is 22.6 Å². The number of fused-ring (bicyclic) bond motifs is 1. The van der Waals surface area contributed by atoms with Gasteiger partial charge in [0.25, 0.3) is 0 Å². The molecule has 2 N–H and O–H groups in total. The van der Waals surface area contributed by atoms with Crippen LogP contribution in [0.5, 0.6) is 11.5 Å². The van der Waals surface area contributed by atoms with Gasteiger partial charge in [-0.25, -0.2) is 9.18 Å². The van der Waals surface area contributed by atoms with Gasteiger partial charge in [-0.2, -0.15) is 13.2 Å².